The van der Waals surface area contributed by atoms with Crippen molar-refractivity contribution in [2.45, 2.75) is 13.0 Å². The molecule has 1 atom stereocenters. The van der Waals surface area contributed by atoms with Gasteiger partial charge >= 0.3 is 0 Å². The minimum atomic E-state index is -0.673. The predicted molar refractivity (Wildman–Crippen MR) is 62.9 cm³/mol. The van der Waals surface area contributed by atoms with E-state index < -0.39 is 6.10 Å². The first-order valence-electron chi connectivity index (χ1n) is 5.48. The van der Waals surface area contributed by atoms with E-state index in [1.54, 1.807) is 12.1 Å². The standard InChI is InChI=1S/C12H17FN2O2/c1-9(16)15-7-6-14-8-12(17)10-2-4-11(13)5-3-10/h2-5,12,14,17H,6-8H2,1H3,(H,15,16). The van der Waals surface area contributed by atoms with Gasteiger partial charge in [-0.3, -0.25) is 4.79 Å². The fraction of sp³-hybridized carbons (Fsp3) is 0.417. The highest BCUT2D eigenvalue weighted by Gasteiger charge is 2.06. The van der Waals surface area contributed by atoms with Crippen LogP contribution in [0.15, 0.2) is 24.3 Å². The van der Waals surface area contributed by atoms with Crippen LogP contribution in [-0.4, -0.2) is 30.6 Å². The lowest BCUT2D eigenvalue weighted by molar-refractivity contribution is -0.118. The Balaban J connectivity index is 2.23. The molecule has 0 saturated heterocycles. The smallest absolute Gasteiger partial charge is 0.216 e. The summed E-state index contributed by atoms with van der Waals surface area (Å²) in [7, 11) is 0. The van der Waals surface area contributed by atoms with E-state index >= 15 is 0 Å². The van der Waals surface area contributed by atoms with Crippen LogP contribution < -0.4 is 10.6 Å². The van der Waals surface area contributed by atoms with E-state index in [0.717, 1.165) is 0 Å². The van der Waals surface area contributed by atoms with Crippen LogP contribution in [0.3, 0.4) is 0 Å². The van der Waals surface area contributed by atoms with Gasteiger partial charge in [-0.2, -0.15) is 0 Å². The molecular formula is C12H17FN2O2. The summed E-state index contributed by atoms with van der Waals surface area (Å²) in [5.74, 6) is -0.398. The molecular weight excluding hydrogens is 223 g/mol. The van der Waals surface area contributed by atoms with E-state index in [-0.39, 0.29) is 11.7 Å². The topological polar surface area (TPSA) is 61.4 Å². The van der Waals surface area contributed by atoms with Crippen LogP contribution in [0.5, 0.6) is 0 Å². The maximum Gasteiger partial charge on any atom is 0.216 e. The van der Waals surface area contributed by atoms with Gasteiger partial charge in [-0.25, -0.2) is 4.39 Å². The summed E-state index contributed by atoms with van der Waals surface area (Å²) in [5, 5.41) is 15.4. The third-order valence-corrected chi connectivity index (χ3v) is 2.27. The summed E-state index contributed by atoms with van der Waals surface area (Å²) < 4.78 is 12.6. The number of carbonyl (C=O) groups is 1. The SMILES string of the molecule is CC(=O)NCCNCC(O)c1ccc(F)cc1. The number of amides is 1. The van der Waals surface area contributed by atoms with E-state index in [9.17, 15) is 14.3 Å². The van der Waals surface area contributed by atoms with Crippen molar-refractivity contribution in [3.63, 3.8) is 0 Å². The lowest BCUT2D eigenvalue weighted by Gasteiger charge is -2.12. The van der Waals surface area contributed by atoms with Crippen LogP contribution in [0, 0.1) is 5.82 Å². The molecule has 0 aliphatic rings. The summed E-state index contributed by atoms with van der Waals surface area (Å²) in [6, 6.07) is 5.73. The molecule has 0 spiro atoms. The monoisotopic (exact) mass is 240 g/mol. The normalized spacial score (nSPS) is 12.2. The van der Waals surface area contributed by atoms with Gasteiger partial charge in [-0.05, 0) is 17.7 Å². The molecule has 0 heterocycles. The summed E-state index contributed by atoms with van der Waals surface area (Å²) in [4.78, 5) is 10.6. The number of hydrogen-bond donors (Lipinski definition) is 3. The van der Waals surface area contributed by atoms with Crippen LogP contribution in [-0.2, 0) is 4.79 Å². The second-order valence-corrected chi connectivity index (χ2v) is 3.75. The average Bonchev–Trinajstić information content (AvgIpc) is 2.29. The van der Waals surface area contributed by atoms with E-state index in [0.29, 0.717) is 25.2 Å². The van der Waals surface area contributed by atoms with Crippen molar-refractivity contribution >= 4 is 5.91 Å². The molecule has 1 amide bonds. The Kier molecular flexibility index (Phi) is 5.59. The molecule has 1 rings (SSSR count). The lowest BCUT2D eigenvalue weighted by atomic mass is 10.1. The number of nitrogens with one attached hydrogen (secondary N) is 2. The van der Waals surface area contributed by atoms with E-state index in [1.807, 2.05) is 0 Å². The fourth-order valence-electron chi connectivity index (χ4n) is 1.37. The van der Waals surface area contributed by atoms with Crippen molar-refractivity contribution in [3.8, 4) is 0 Å². The molecule has 0 bridgehead atoms. The highest BCUT2D eigenvalue weighted by molar-refractivity contribution is 5.72. The van der Waals surface area contributed by atoms with Crippen molar-refractivity contribution < 1.29 is 14.3 Å². The highest BCUT2D eigenvalue weighted by atomic mass is 19.1. The molecule has 3 N–H and O–H groups in total. The minimum Gasteiger partial charge on any atom is -0.387 e. The number of rotatable bonds is 6. The Bertz CT molecular complexity index is 354. The Labute approximate surface area is 99.8 Å². The zero-order valence-corrected chi connectivity index (χ0v) is 9.74. The molecule has 0 aliphatic carbocycles. The number of benzene rings is 1. The van der Waals surface area contributed by atoms with Crippen molar-refractivity contribution in [3.05, 3.63) is 35.6 Å². The van der Waals surface area contributed by atoms with Crippen molar-refractivity contribution in [1.82, 2.24) is 10.6 Å². The van der Waals surface area contributed by atoms with Gasteiger partial charge in [-0.1, -0.05) is 12.1 Å². The van der Waals surface area contributed by atoms with Crippen molar-refractivity contribution in [2.24, 2.45) is 0 Å². The molecule has 4 nitrogen and oxygen atoms in total. The number of carbonyl (C=O) groups excluding carboxylic acids is 1. The summed E-state index contributed by atoms with van der Waals surface area (Å²) in [6.45, 7) is 2.92. The number of aliphatic hydroxyl groups excluding tert-OH is 1. The van der Waals surface area contributed by atoms with Crippen LogP contribution in [0.25, 0.3) is 0 Å². The third-order valence-electron chi connectivity index (χ3n) is 2.27. The summed E-state index contributed by atoms with van der Waals surface area (Å²) in [6.07, 6.45) is -0.673. The molecule has 0 aliphatic heterocycles. The molecule has 94 valence electrons. The molecule has 5 heteroatoms. The Morgan fingerprint density at radius 1 is 1.35 bits per heavy atom. The van der Waals surface area contributed by atoms with Crippen molar-refractivity contribution in [1.29, 1.82) is 0 Å². The van der Waals surface area contributed by atoms with Gasteiger partial charge in [0.25, 0.3) is 0 Å². The number of aliphatic hydroxyl groups is 1. The van der Waals surface area contributed by atoms with E-state index in [1.165, 1.54) is 19.1 Å². The summed E-state index contributed by atoms with van der Waals surface area (Å²) >= 11 is 0. The average molecular weight is 240 g/mol. The molecule has 17 heavy (non-hydrogen) atoms. The van der Waals surface area contributed by atoms with Gasteiger partial charge in [0, 0.05) is 26.6 Å². The Morgan fingerprint density at radius 3 is 2.59 bits per heavy atom. The maximum atomic E-state index is 12.6. The Hall–Kier alpha value is -1.46. The van der Waals surface area contributed by atoms with Gasteiger partial charge in [0.2, 0.25) is 5.91 Å². The Morgan fingerprint density at radius 2 is 2.00 bits per heavy atom. The summed E-state index contributed by atoms with van der Waals surface area (Å²) in [5.41, 5.74) is 0.665. The zero-order chi connectivity index (χ0) is 12.7. The van der Waals surface area contributed by atoms with Gasteiger partial charge in [-0.15, -0.1) is 0 Å². The molecule has 1 aromatic rings. The number of halogens is 1. The molecule has 0 aromatic heterocycles. The quantitative estimate of drug-likeness (QED) is 0.638. The van der Waals surface area contributed by atoms with Gasteiger partial charge in [0.15, 0.2) is 0 Å². The van der Waals surface area contributed by atoms with Crippen LogP contribution in [0.1, 0.15) is 18.6 Å². The van der Waals surface area contributed by atoms with Crippen LogP contribution in [0.2, 0.25) is 0 Å². The second kappa shape index (κ2) is 6.98. The first-order valence-corrected chi connectivity index (χ1v) is 5.48. The molecule has 1 aromatic carbocycles. The number of hydrogen-bond acceptors (Lipinski definition) is 3. The predicted octanol–water partition coefficient (Wildman–Crippen LogP) is 0.585. The maximum absolute atomic E-state index is 12.6. The largest absolute Gasteiger partial charge is 0.387 e. The minimum absolute atomic E-state index is 0.0779. The molecule has 0 fully saturated rings. The highest BCUT2D eigenvalue weighted by Crippen LogP contribution is 2.11. The van der Waals surface area contributed by atoms with Crippen LogP contribution >= 0.6 is 0 Å². The van der Waals surface area contributed by atoms with Crippen molar-refractivity contribution in [2.75, 3.05) is 19.6 Å². The van der Waals surface area contributed by atoms with Gasteiger partial charge < -0.3 is 15.7 Å². The molecule has 0 saturated carbocycles. The molecule has 0 radical (unpaired) electrons. The second-order valence-electron chi connectivity index (χ2n) is 3.75. The lowest BCUT2D eigenvalue weighted by Crippen LogP contribution is -2.32. The fourth-order valence-corrected chi connectivity index (χ4v) is 1.37. The third kappa shape index (κ3) is 5.42. The van der Waals surface area contributed by atoms with Gasteiger partial charge in [0.05, 0.1) is 6.10 Å². The molecule has 1 unspecified atom stereocenters. The van der Waals surface area contributed by atoms with Crippen LogP contribution in [0.4, 0.5) is 4.39 Å². The van der Waals surface area contributed by atoms with E-state index in [4.69, 9.17) is 0 Å². The van der Waals surface area contributed by atoms with E-state index in [2.05, 4.69) is 10.6 Å². The first kappa shape index (κ1) is 13.6. The zero-order valence-electron chi connectivity index (χ0n) is 9.74. The first-order chi connectivity index (χ1) is 8.09. The van der Waals surface area contributed by atoms with Gasteiger partial charge in [0.1, 0.15) is 5.82 Å².